The number of hydrogen-bond acceptors (Lipinski definition) is 3. The number of ketones is 1. The maximum atomic E-state index is 13.1. The Labute approximate surface area is 130 Å². The van der Waals surface area contributed by atoms with Gasteiger partial charge in [0.1, 0.15) is 11.5 Å². The summed E-state index contributed by atoms with van der Waals surface area (Å²) in [6, 6.07) is 7.56. The van der Waals surface area contributed by atoms with Crippen molar-refractivity contribution in [2.24, 2.45) is 0 Å². The molecule has 0 bridgehead atoms. The molecule has 0 saturated heterocycles. The van der Waals surface area contributed by atoms with E-state index in [-0.39, 0.29) is 5.78 Å². The van der Waals surface area contributed by atoms with Gasteiger partial charge in [-0.15, -0.1) is 0 Å². The van der Waals surface area contributed by atoms with Crippen LogP contribution in [0, 0.1) is 13.8 Å². The normalized spacial score (nSPS) is 12.7. The lowest BCUT2D eigenvalue weighted by Gasteiger charge is -2.26. The molecule has 2 aromatic carbocycles. The molecule has 0 radical (unpaired) electrons. The van der Waals surface area contributed by atoms with Gasteiger partial charge in [0.25, 0.3) is 0 Å². The zero-order valence-corrected chi connectivity index (χ0v) is 13.2. The first-order valence-electron chi connectivity index (χ1n) is 7.10. The number of rotatable bonds is 2. The maximum Gasteiger partial charge on any atom is 0.201 e. The van der Waals surface area contributed by atoms with Crippen LogP contribution in [-0.2, 0) is 0 Å². The Morgan fingerprint density at radius 3 is 1.55 bits per heavy atom. The monoisotopic (exact) mass is 294 g/mol. The van der Waals surface area contributed by atoms with Crippen molar-refractivity contribution in [1.29, 1.82) is 0 Å². The number of ether oxygens (including phenoxy) is 2. The smallest absolute Gasteiger partial charge is 0.201 e. The van der Waals surface area contributed by atoms with Crippen molar-refractivity contribution in [3.8, 4) is 11.5 Å². The highest BCUT2D eigenvalue weighted by Crippen LogP contribution is 2.44. The zero-order chi connectivity index (χ0) is 16.0. The Kier molecular flexibility index (Phi) is 3.28. The molecule has 0 N–H and O–H groups in total. The lowest BCUT2D eigenvalue weighted by atomic mass is 9.77. The van der Waals surface area contributed by atoms with Gasteiger partial charge in [0, 0.05) is 0 Å². The Bertz CT molecular complexity index is 750. The van der Waals surface area contributed by atoms with Gasteiger partial charge in [-0.25, -0.2) is 0 Å². The molecule has 3 rings (SSSR count). The highest BCUT2D eigenvalue weighted by Gasteiger charge is 2.33. The molecule has 0 spiro atoms. The van der Waals surface area contributed by atoms with Crippen LogP contribution in [0.15, 0.2) is 30.8 Å². The average Bonchev–Trinajstić information content (AvgIpc) is 2.52. The number of fused-ring (bicyclic) bond motifs is 2. The van der Waals surface area contributed by atoms with Crippen LogP contribution >= 0.6 is 0 Å². The number of methoxy groups -OCH3 is 2. The number of carbonyl (C=O) groups is 1. The van der Waals surface area contributed by atoms with Crippen LogP contribution in [0.5, 0.6) is 11.5 Å². The second-order valence-electron chi connectivity index (χ2n) is 5.48. The van der Waals surface area contributed by atoms with Crippen molar-refractivity contribution >= 4 is 11.4 Å². The summed E-state index contributed by atoms with van der Waals surface area (Å²) in [4.78, 5) is 13.1. The van der Waals surface area contributed by atoms with Gasteiger partial charge in [0.05, 0.1) is 25.3 Å². The zero-order valence-electron chi connectivity index (χ0n) is 13.2. The van der Waals surface area contributed by atoms with Crippen LogP contribution in [0.1, 0.15) is 38.2 Å². The first-order valence-corrected chi connectivity index (χ1v) is 7.10. The second-order valence-corrected chi connectivity index (χ2v) is 5.48. The summed E-state index contributed by atoms with van der Waals surface area (Å²) in [5, 5.41) is 0. The lowest BCUT2D eigenvalue weighted by Crippen LogP contribution is -2.18. The molecule has 0 unspecified atom stereocenters. The summed E-state index contributed by atoms with van der Waals surface area (Å²) in [7, 11) is 3.15. The molecule has 1 aliphatic carbocycles. The molecule has 3 nitrogen and oxygen atoms in total. The van der Waals surface area contributed by atoms with Crippen LogP contribution in [0.25, 0.3) is 5.57 Å². The lowest BCUT2D eigenvalue weighted by molar-refractivity contribution is 0.103. The van der Waals surface area contributed by atoms with Gasteiger partial charge in [-0.1, -0.05) is 18.7 Å². The molecule has 0 amide bonds. The molecular weight excluding hydrogens is 276 g/mol. The molecule has 0 aliphatic heterocycles. The molecule has 3 heteroatoms. The van der Waals surface area contributed by atoms with Crippen LogP contribution in [0.4, 0.5) is 0 Å². The van der Waals surface area contributed by atoms with E-state index in [0.717, 1.165) is 27.8 Å². The topological polar surface area (TPSA) is 35.5 Å². The quantitative estimate of drug-likeness (QED) is 0.718. The van der Waals surface area contributed by atoms with E-state index in [1.807, 2.05) is 38.1 Å². The fourth-order valence-corrected chi connectivity index (χ4v) is 3.19. The van der Waals surface area contributed by atoms with Crippen molar-refractivity contribution in [3.63, 3.8) is 0 Å². The largest absolute Gasteiger partial charge is 0.496 e. The molecular formula is C19H18O3. The molecule has 0 atom stereocenters. The van der Waals surface area contributed by atoms with Crippen molar-refractivity contribution in [3.05, 3.63) is 64.2 Å². The van der Waals surface area contributed by atoms with E-state index in [9.17, 15) is 4.79 Å². The van der Waals surface area contributed by atoms with Crippen LogP contribution in [0.2, 0.25) is 0 Å². The minimum absolute atomic E-state index is 0.0708. The molecule has 0 saturated carbocycles. The van der Waals surface area contributed by atoms with Crippen molar-refractivity contribution in [1.82, 2.24) is 0 Å². The molecule has 0 heterocycles. The van der Waals surface area contributed by atoms with E-state index in [1.54, 1.807) is 14.2 Å². The maximum absolute atomic E-state index is 13.1. The van der Waals surface area contributed by atoms with E-state index >= 15 is 0 Å². The third kappa shape index (κ3) is 1.78. The Morgan fingerprint density at radius 1 is 0.773 bits per heavy atom. The Hall–Kier alpha value is -2.55. The molecule has 2 aromatic rings. The van der Waals surface area contributed by atoms with Gasteiger partial charge in [0.15, 0.2) is 0 Å². The second kappa shape index (κ2) is 5.02. The minimum Gasteiger partial charge on any atom is -0.496 e. The predicted octanol–water partition coefficient (Wildman–Crippen LogP) is 3.93. The molecule has 0 fully saturated rings. The van der Waals surface area contributed by atoms with Crippen LogP contribution in [-0.4, -0.2) is 20.0 Å². The first-order chi connectivity index (χ1) is 10.5. The summed E-state index contributed by atoms with van der Waals surface area (Å²) in [6.07, 6.45) is 0. The Balaban J connectivity index is 2.43. The van der Waals surface area contributed by atoms with Gasteiger partial charge in [-0.2, -0.15) is 0 Å². The minimum atomic E-state index is -0.0708. The van der Waals surface area contributed by atoms with Gasteiger partial charge >= 0.3 is 0 Å². The standard InChI is InChI=1S/C19H18O3/c1-10-6-8-13(21-4)17-15(10)12(3)16-11(2)7-9-14(22-5)18(16)19(17)20/h6-9H,3H2,1-2,4-5H3. The van der Waals surface area contributed by atoms with E-state index in [4.69, 9.17) is 9.47 Å². The Morgan fingerprint density at radius 2 is 1.18 bits per heavy atom. The number of aryl methyl sites for hydroxylation is 2. The third-order valence-corrected chi connectivity index (χ3v) is 4.25. The number of hydrogen-bond donors (Lipinski definition) is 0. The van der Waals surface area contributed by atoms with Crippen molar-refractivity contribution in [2.45, 2.75) is 13.8 Å². The summed E-state index contributed by atoms with van der Waals surface area (Å²) in [6.45, 7) is 8.21. The first kappa shape index (κ1) is 14.4. The van der Waals surface area contributed by atoms with Crippen molar-refractivity contribution < 1.29 is 14.3 Å². The molecule has 22 heavy (non-hydrogen) atoms. The highest BCUT2D eigenvalue weighted by atomic mass is 16.5. The summed E-state index contributed by atoms with van der Waals surface area (Å²) < 4.78 is 10.8. The van der Waals surface area contributed by atoms with E-state index < -0.39 is 0 Å². The van der Waals surface area contributed by atoms with E-state index in [0.29, 0.717) is 22.6 Å². The number of carbonyl (C=O) groups excluding carboxylic acids is 1. The van der Waals surface area contributed by atoms with Crippen LogP contribution in [0.3, 0.4) is 0 Å². The highest BCUT2D eigenvalue weighted by molar-refractivity contribution is 6.22. The fraction of sp³-hybridized carbons (Fsp3) is 0.211. The third-order valence-electron chi connectivity index (χ3n) is 4.25. The van der Waals surface area contributed by atoms with Gasteiger partial charge in [-0.3, -0.25) is 4.79 Å². The van der Waals surface area contributed by atoms with E-state index in [1.165, 1.54) is 0 Å². The van der Waals surface area contributed by atoms with Gasteiger partial charge in [0.2, 0.25) is 5.78 Å². The van der Waals surface area contributed by atoms with Crippen molar-refractivity contribution in [2.75, 3.05) is 14.2 Å². The van der Waals surface area contributed by atoms with E-state index in [2.05, 4.69) is 6.58 Å². The summed E-state index contributed by atoms with van der Waals surface area (Å²) >= 11 is 0. The average molecular weight is 294 g/mol. The molecule has 1 aliphatic rings. The van der Waals surface area contributed by atoms with Gasteiger partial charge in [-0.05, 0) is 53.8 Å². The summed E-state index contributed by atoms with van der Waals surface area (Å²) in [5.74, 6) is 1.07. The predicted molar refractivity (Wildman–Crippen MR) is 87.0 cm³/mol. The van der Waals surface area contributed by atoms with Crippen LogP contribution < -0.4 is 9.47 Å². The number of benzene rings is 2. The fourth-order valence-electron chi connectivity index (χ4n) is 3.19. The molecule has 112 valence electrons. The SMILES string of the molecule is C=C1c2c(C)ccc(OC)c2C(=O)c2c(OC)ccc(C)c21. The molecule has 0 aromatic heterocycles. The van der Waals surface area contributed by atoms with Gasteiger partial charge < -0.3 is 9.47 Å². The summed E-state index contributed by atoms with van der Waals surface area (Å²) in [5.41, 5.74) is 5.76.